The van der Waals surface area contributed by atoms with Crippen LogP contribution in [0.25, 0.3) is 67.5 Å². The molecule has 10 rings (SSSR count). The van der Waals surface area contributed by atoms with Crippen molar-refractivity contribution in [3.05, 3.63) is 175 Å². The van der Waals surface area contributed by atoms with Crippen LogP contribution in [-0.2, 0) is 5.41 Å². The zero-order valence-electron chi connectivity index (χ0n) is 29.2. The van der Waals surface area contributed by atoms with Crippen molar-refractivity contribution in [3.63, 3.8) is 0 Å². The summed E-state index contributed by atoms with van der Waals surface area (Å²) in [6, 6.07) is 56.0. The topological polar surface area (TPSA) is 57.1 Å². The first-order chi connectivity index (χ1) is 26.0. The molecule has 0 amide bonds. The van der Waals surface area contributed by atoms with Crippen LogP contribution in [0.1, 0.15) is 25.0 Å². The number of hydrogen-bond acceptors (Lipinski definition) is 5. The summed E-state index contributed by atoms with van der Waals surface area (Å²) < 4.78 is 13.1. The van der Waals surface area contributed by atoms with Crippen molar-refractivity contribution >= 4 is 0 Å². The summed E-state index contributed by atoms with van der Waals surface area (Å²) in [4.78, 5) is 15.1. The Hall–Kier alpha value is -6.85. The van der Waals surface area contributed by atoms with Crippen LogP contribution in [0.4, 0.5) is 0 Å². The van der Waals surface area contributed by atoms with Crippen LogP contribution in [-0.4, -0.2) is 15.0 Å². The maximum absolute atomic E-state index is 6.62. The highest BCUT2D eigenvalue weighted by atomic mass is 16.6. The first-order valence-corrected chi connectivity index (χ1v) is 17.8. The summed E-state index contributed by atoms with van der Waals surface area (Å²) in [5, 5.41) is 0. The molecule has 0 spiro atoms. The molecule has 1 aliphatic carbocycles. The molecule has 5 nitrogen and oxygen atoms in total. The molecule has 252 valence electrons. The standard InChI is InChI=1S/C48H33N3O2/c1-48(2)39-20-12-11-18-36(39)38-28-43-44(29-40(38)48)52-41-26-25-34(27-42(41)53-43)35-17-9-10-19-37(35)47-50-45(32-15-7-4-8-16-32)49-46(51-47)33-23-21-31(22-24-33)30-13-5-3-6-14-30/h3-29H,1-2H3. The van der Waals surface area contributed by atoms with Gasteiger partial charge in [-0.15, -0.1) is 0 Å². The summed E-state index contributed by atoms with van der Waals surface area (Å²) in [6.45, 7) is 4.54. The van der Waals surface area contributed by atoms with Gasteiger partial charge < -0.3 is 9.47 Å². The lowest BCUT2D eigenvalue weighted by molar-refractivity contribution is 0.359. The van der Waals surface area contributed by atoms with Gasteiger partial charge in [-0.05, 0) is 68.8 Å². The van der Waals surface area contributed by atoms with Crippen molar-refractivity contribution in [1.29, 1.82) is 0 Å². The third-order valence-corrected chi connectivity index (χ3v) is 10.4. The molecule has 53 heavy (non-hydrogen) atoms. The molecule has 5 heteroatoms. The lowest BCUT2D eigenvalue weighted by Gasteiger charge is -2.25. The lowest BCUT2D eigenvalue weighted by Crippen LogP contribution is -2.15. The van der Waals surface area contributed by atoms with E-state index < -0.39 is 0 Å². The average Bonchev–Trinajstić information content (AvgIpc) is 3.44. The van der Waals surface area contributed by atoms with Gasteiger partial charge in [-0.3, -0.25) is 0 Å². The quantitative estimate of drug-likeness (QED) is 0.181. The number of ether oxygens (including phenoxy) is 2. The van der Waals surface area contributed by atoms with Gasteiger partial charge in [0.05, 0.1) is 0 Å². The fourth-order valence-electron chi connectivity index (χ4n) is 7.66. The number of aromatic nitrogens is 3. The molecule has 2 heterocycles. The SMILES string of the molecule is CC1(C)c2ccccc2-c2cc3c(cc21)Oc1ccc(-c2ccccc2-c2nc(-c4ccccc4)nc(-c4ccc(-c5ccccc5)cc4)n2)cc1O3. The third-order valence-electron chi connectivity index (χ3n) is 10.4. The van der Waals surface area contributed by atoms with Crippen molar-refractivity contribution in [2.24, 2.45) is 0 Å². The highest BCUT2D eigenvalue weighted by molar-refractivity contribution is 5.85. The number of rotatable bonds is 5. The molecule has 7 aromatic carbocycles. The van der Waals surface area contributed by atoms with E-state index in [0.29, 0.717) is 34.7 Å². The molecule has 0 atom stereocenters. The molecule has 0 bridgehead atoms. The molecular weight excluding hydrogens is 651 g/mol. The van der Waals surface area contributed by atoms with Crippen molar-refractivity contribution in [2.45, 2.75) is 19.3 Å². The van der Waals surface area contributed by atoms with Crippen LogP contribution in [0.15, 0.2) is 164 Å². The van der Waals surface area contributed by atoms with Gasteiger partial charge in [0.15, 0.2) is 40.5 Å². The largest absolute Gasteiger partial charge is 0.450 e. The Balaban J connectivity index is 1.04. The highest BCUT2D eigenvalue weighted by Crippen LogP contribution is 2.55. The first-order valence-electron chi connectivity index (χ1n) is 17.8. The van der Waals surface area contributed by atoms with Crippen LogP contribution in [0.3, 0.4) is 0 Å². The van der Waals surface area contributed by atoms with Gasteiger partial charge in [0.2, 0.25) is 0 Å². The van der Waals surface area contributed by atoms with Gasteiger partial charge in [-0.25, -0.2) is 15.0 Å². The van der Waals surface area contributed by atoms with Crippen molar-refractivity contribution in [1.82, 2.24) is 15.0 Å². The van der Waals surface area contributed by atoms with E-state index in [1.165, 1.54) is 22.3 Å². The fourth-order valence-corrected chi connectivity index (χ4v) is 7.66. The Kier molecular flexibility index (Phi) is 7.08. The molecule has 0 radical (unpaired) electrons. The minimum atomic E-state index is -0.126. The predicted molar refractivity (Wildman–Crippen MR) is 211 cm³/mol. The van der Waals surface area contributed by atoms with E-state index in [0.717, 1.165) is 44.7 Å². The summed E-state index contributed by atoms with van der Waals surface area (Å²) in [5.74, 6) is 4.60. The zero-order chi connectivity index (χ0) is 35.5. The van der Waals surface area contributed by atoms with Gasteiger partial charge in [-0.1, -0.05) is 153 Å². The van der Waals surface area contributed by atoms with Gasteiger partial charge in [0, 0.05) is 22.1 Å². The second kappa shape index (κ2) is 12.1. The Morgan fingerprint density at radius 3 is 1.57 bits per heavy atom. The summed E-state index contributed by atoms with van der Waals surface area (Å²) >= 11 is 0. The Bertz CT molecular complexity index is 2690. The van der Waals surface area contributed by atoms with Gasteiger partial charge >= 0.3 is 0 Å². The molecular formula is C48H33N3O2. The van der Waals surface area contributed by atoms with E-state index in [-0.39, 0.29) is 5.41 Å². The van der Waals surface area contributed by atoms with Crippen LogP contribution in [0.2, 0.25) is 0 Å². The van der Waals surface area contributed by atoms with Crippen molar-refractivity contribution < 1.29 is 9.47 Å². The second-order valence-corrected chi connectivity index (χ2v) is 14.0. The Morgan fingerprint density at radius 2 is 0.830 bits per heavy atom. The van der Waals surface area contributed by atoms with Crippen LogP contribution in [0, 0.1) is 0 Å². The summed E-state index contributed by atoms with van der Waals surface area (Å²) in [5.41, 5.74) is 11.8. The molecule has 0 N–H and O–H groups in total. The average molecular weight is 684 g/mol. The summed E-state index contributed by atoms with van der Waals surface area (Å²) in [7, 11) is 0. The van der Waals surface area contributed by atoms with Gasteiger partial charge in [0.1, 0.15) is 0 Å². The molecule has 2 aliphatic rings. The fraction of sp³-hybridized carbons (Fsp3) is 0.0625. The molecule has 0 fully saturated rings. The van der Waals surface area contributed by atoms with E-state index in [4.69, 9.17) is 24.4 Å². The van der Waals surface area contributed by atoms with E-state index in [2.05, 4.69) is 117 Å². The van der Waals surface area contributed by atoms with Crippen molar-refractivity contribution in [3.8, 4) is 90.5 Å². The van der Waals surface area contributed by atoms with E-state index in [9.17, 15) is 0 Å². The number of fused-ring (bicyclic) bond motifs is 5. The molecule has 1 aromatic heterocycles. The zero-order valence-corrected chi connectivity index (χ0v) is 29.2. The lowest BCUT2D eigenvalue weighted by atomic mass is 9.82. The Labute approximate surface area is 308 Å². The molecule has 0 unspecified atom stereocenters. The monoisotopic (exact) mass is 683 g/mol. The highest BCUT2D eigenvalue weighted by Gasteiger charge is 2.37. The molecule has 0 saturated carbocycles. The normalized spacial score (nSPS) is 13.2. The Morgan fingerprint density at radius 1 is 0.340 bits per heavy atom. The first kappa shape index (κ1) is 30.9. The minimum Gasteiger partial charge on any atom is -0.450 e. The number of benzene rings is 7. The predicted octanol–water partition coefficient (Wildman–Crippen LogP) is 12.4. The molecule has 1 aliphatic heterocycles. The third kappa shape index (κ3) is 5.28. The van der Waals surface area contributed by atoms with Crippen molar-refractivity contribution in [2.75, 3.05) is 0 Å². The summed E-state index contributed by atoms with van der Waals surface area (Å²) in [6.07, 6.45) is 0. The van der Waals surface area contributed by atoms with Crippen LogP contribution < -0.4 is 9.47 Å². The van der Waals surface area contributed by atoms with Crippen LogP contribution >= 0.6 is 0 Å². The maximum Gasteiger partial charge on any atom is 0.170 e. The maximum atomic E-state index is 6.62. The molecule has 0 saturated heterocycles. The number of hydrogen-bond donors (Lipinski definition) is 0. The number of nitrogens with zero attached hydrogens (tertiary/aromatic N) is 3. The van der Waals surface area contributed by atoms with Gasteiger partial charge in [0.25, 0.3) is 0 Å². The minimum absolute atomic E-state index is 0.126. The van der Waals surface area contributed by atoms with E-state index in [1.807, 2.05) is 60.7 Å². The molecule has 8 aromatic rings. The van der Waals surface area contributed by atoms with Gasteiger partial charge in [-0.2, -0.15) is 0 Å². The second-order valence-electron chi connectivity index (χ2n) is 14.0. The smallest absolute Gasteiger partial charge is 0.170 e. The van der Waals surface area contributed by atoms with Crippen LogP contribution in [0.5, 0.6) is 23.0 Å². The van der Waals surface area contributed by atoms with E-state index in [1.54, 1.807) is 0 Å². The van der Waals surface area contributed by atoms with E-state index >= 15 is 0 Å².